The molecule has 3 amide bonds. The molecular weight excluding hydrogens is 220 g/mol. The third-order valence-electron chi connectivity index (χ3n) is 2.72. The number of unbranched alkanes of at least 4 members (excludes halogenated alkanes) is 1. The summed E-state index contributed by atoms with van der Waals surface area (Å²) in [6.07, 6.45) is 2.72. The predicted octanol–water partition coefficient (Wildman–Crippen LogP) is 1.12. The van der Waals surface area contributed by atoms with Crippen molar-refractivity contribution >= 4 is 17.8 Å². The van der Waals surface area contributed by atoms with Gasteiger partial charge < -0.3 is 5.84 Å². The minimum Gasteiger partial charge on any atom is -0.322 e. The Morgan fingerprint density at radius 3 is 2.41 bits per heavy atom. The van der Waals surface area contributed by atoms with Crippen LogP contribution in [-0.2, 0) is 4.79 Å². The fourth-order valence-corrected chi connectivity index (χ4v) is 1.79. The second-order valence-corrected chi connectivity index (χ2v) is 4.06. The first-order valence-electron chi connectivity index (χ1n) is 6.04. The molecule has 0 radical (unpaired) electrons. The third-order valence-corrected chi connectivity index (χ3v) is 2.72. The van der Waals surface area contributed by atoms with Gasteiger partial charge in [0.15, 0.2) is 0 Å². The Balaban J connectivity index is 2.83. The Morgan fingerprint density at radius 2 is 1.88 bits per heavy atom. The summed E-state index contributed by atoms with van der Waals surface area (Å²) in [4.78, 5) is 26.6. The number of nitrogens with zero attached hydrogens (tertiary/aromatic N) is 3. The summed E-state index contributed by atoms with van der Waals surface area (Å²) in [6, 6.07) is -0.291. The first-order valence-corrected chi connectivity index (χ1v) is 6.04. The molecular formula is C11H20N4O2. The molecule has 1 saturated heterocycles. The zero-order valence-electron chi connectivity index (χ0n) is 10.5. The average molecular weight is 240 g/mol. The lowest BCUT2D eigenvalue weighted by atomic mass is 10.2. The van der Waals surface area contributed by atoms with E-state index in [0.29, 0.717) is 18.9 Å². The van der Waals surface area contributed by atoms with Crippen molar-refractivity contribution in [2.45, 2.75) is 39.5 Å². The Bertz CT molecular complexity index is 327. The summed E-state index contributed by atoms with van der Waals surface area (Å²) in [6.45, 7) is 5.00. The molecule has 1 aliphatic heterocycles. The van der Waals surface area contributed by atoms with E-state index in [1.54, 1.807) is 0 Å². The van der Waals surface area contributed by atoms with E-state index in [-0.39, 0.29) is 18.4 Å². The molecule has 96 valence electrons. The van der Waals surface area contributed by atoms with Gasteiger partial charge in [-0.05, 0) is 12.8 Å². The summed E-state index contributed by atoms with van der Waals surface area (Å²) in [5.74, 6) is 5.39. The van der Waals surface area contributed by atoms with Gasteiger partial charge in [0.1, 0.15) is 5.84 Å². The molecule has 2 N–H and O–H groups in total. The zero-order valence-corrected chi connectivity index (χ0v) is 10.5. The Morgan fingerprint density at radius 1 is 1.18 bits per heavy atom. The molecule has 0 spiro atoms. The second kappa shape index (κ2) is 6.22. The van der Waals surface area contributed by atoms with Crippen LogP contribution in [0.4, 0.5) is 4.79 Å². The van der Waals surface area contributed by atoms with Crippen LogP contribution in [0.25, 0.3) is 0 Å². The Labute approximate surface area is 101 Å². The maximum absolute atomic E-state index is 12.1. The molecule has 0 aromatic heterocycles. The fourth-order valence-electron chi connectivity index (χ4n) is 1.79. The van der Waals surface area contributed by atoms with Crippen molar-refractivity contribution in [1.82, 2.24) is 9.80 Å². The molecule has 1 fully saturated rings. The molecule has 0 atom stereocenters. The molecule has 0 unspecified atom stereocenters. The highest BCUT2D eigenvalue weighted by atomic mass is 16.2. The zero-order chi connectivity index (χ0) is 12.8. The quantitative estimate of drug-likeness (QED) is 0.577. The lowest BCUT2D eigenvalue weighted by Crippen LogP contribution is -2.55. The van der Waals surface area contributed by atoms with Crippen molar-refractivity contribution in [1.29, 1.82) is 0 Å². The lowest BCUT2D eigenvalue weighted by Gasteiger charge is -2.34. The number of rotatable bonds is 5. The van der Waals surface area contributed by atoms with Gasteiger partial charge in [-0.3, -0.25) is 14.6 Å². The smallest absolute Gasteiger partial charge is 0.322 e. The van der Waals surface area contributed by atoms with Crippen molar-refractivity contribution in [2.75, 3.05) is 13.1 Å². The van der Waals surface area contributed by atoms with Crippen LogP contribution >= 0.6 is 0 Å². The van der Waals surface area contributed by atoms with Crippen molar-refractivity contribution in [2.24, 2.45) is 10.9 Å². The van der Waals surface area contributed by atoms with Gasteiger partial charge in [0, 0.05) is 13.1 Å². The van der Waals surface area contributed by atoms with Gasteiger partial charge in [-0.25, -0.2) is 4.79 Å². The number of hydrazone groups is 1. The van der Waals surface area contributed by atoms with E-state index < -0.39 is 0 Å². The highest BCUT2D eigenvalue weighted by Gasteiger charge is 2.35. The third kappa shape index (κ3) is 2.95. The van der Waals surface area contributed by atoms with Gasteiger partial charge in [-0.2, -0.15) is 5.10 Å². The summed E-state index contributed by atoms with van der Waals surface area (Å²) < 4.78 is 0. The van der Waals surface area contributed by atoms with E-state index in [9.17, 15) is 9.59 Å². The minimum atomic E-state index is -0.291. The van der Waals surface area contributed by atoms with E-state index in [0.717, 1.165) is 19.3 Å². The molecule has 0 saturated carbocycles. The normalized spacial score (nSPS) is 19.3. The van der Waals surface area contributed by atoms with E-state index in [1.807, 2.05) is 13.8 Å². The number of amidine groups is 1. The fraction of sp³-hybridized carbons (Fsp3) is 0.727. The van der Waals surface area contributed by atoms with Crippen LogP contribution in [0.1, 0.15) is 39.5 Å². The topological polar surface area (TPSA) is 79.0 Å². The minimum absolute atomic E-state index is 0.117. The van der Waals surface area contributed by atoms with Gasteiger partial charge in [-0.1, -0.05) is 20.3 Å². The Hall–Kier alpha value is -1.59. The van der Waals surface area contributed by atoms with Crippen molar-refractivity contribution in [3.63, 3.8) is 0 Å². The maximum atomic E-state index is 12.1. The van der Waals surface area contributed by atoms with E-state index in [2.05, 4.69) is 5.10 Å². The second-order valence-electron chi connectivity index (χ2n) is 4.06. The molecule has 1 rings (SSSR count). The van der Waals surface area contributed by atoms with Crippen molar-refractivity contribution in [3.8, 4) is 0 Å². The van der Waals surface area contributed by atoms with Gasteiger partial charge in [0.25, 0.3) is 0 Å². The Kier molecular flexibility index (Phi) is 4.93. The number of urea groups is 1. The number of amides is 3. The van der Waals surface area contributed by atoms with Crippen LogP contribution in [0.2, 0.25) is 0 Å². The molecule has 17 heavy (non-hydrogen) atoms. The molecule has 0 aromatic carbocycles. The van der Waals surface area contributed by atoms with Crippen LogP contribution in [-0.4, -0.2) is 40.7 Å². The maximum Gasteiger partial charge on any atom is 0.332 e. The summed E-state index contributed by atoms with van der Waals surface area (Å²) in [7, 11) is 0. The number of nitrogens with two attached hydrogens (primary N) is 1. The highest BCUT2D eigenvalue weighted by molar-refractivity contribution is 6.15. The lowest BCUT2D eigenvalue weighted by molar-refractivity contribution is -0.128. The molecule has 0 aliphatic carbocycles. The van der Waals surface area contributed by atoms with Crippen molar-refractivity contribution in [3.05, 3.63) is 0 Å². The largest absolute Gasteiger partial charge is 0.332 e. The van der Waals surface area contributed by atoms with Crippen LogP contribution in [0, 0.1) is 0 Å². The van der Waals surface area contributed by atoms with E-state index >= 15 is 0 Å². The number of hydrogen-bond acceptors (Lipinski definition) is 4. The summed E-state index contributed by atoms with van der Waals surface area (Å²) in [5, 5.41) is 3.55. The molecule has 0 aromatic rings. The molecule has 6 nitrogen and oxygen atoms in total. The van der Waals surface area contributed by atoms with Crippen LogP contribution in [0.3, 0.4) is 0 Å². The van der Waals surface area contributed by atoms with Gasteiger partial charge in [0.05, 0.1) is 6.42 Å². The standard InChI is InChI=1S/C11H20N4O2/c1-3-5-7-14-9(13-12)8-10(16)15(6-4-2)11(14)17/h3-8,12H2,1-2H3/b13-9-. The first-order chi connectivity index (χ1) is 8.15. The number of carbonyl (C=O) groups is 2. The first kappa shape index (κ1) is 13.5. The van der Waals surface area contributed by atoms with Crippen LogP contribution in [0.15, 0.2) is 5.10 Å². The average Bonchev–Trinajstić information content (AvgIpc) is 2.32. The molecule has 1 aliphatic rings. The number of imide groups is 1. The van der Waals surface area contributed by atoms with Gasteiger partial charge >= 0.3 is 6.03 Å². The van der Waals surface area contributed by atoms with E-state index in [1.165, 1.54) is 9.80 Å². The van der Waals surface area contributed by atoms with Crippen LogP contribution in [0.5, 0.6) is 0 Å². The van der Waals surface area contributed by atoms with Crippen LogP contribution < -0.4 is 5.84 Å². The number of hydrogen-bond donors (Lipinski definition) is 1. The monoisotopic (exact) mass is 240 g/mol. The van der Waals surface area contributed by atoms with Gasteiger partial charge in [-0.15, -0.1) is 0 Å². The SMILES string of the molecule is CCCCN1C(=O)N(CCC)C(=O)C/C1=N/N. The summed E-state index contributed by atoms with van der Waals surface area (Å²) in [5.41, 5.74) is 0. The van der Waals surface area contributed by atoms with E-state index in [4.69, 9.17) is 5.84 Å². The van der Waals surface area contributed by atoms with Crippen molar-refractivity contribution < 1.29 is 9.59 Å². The number of carbonyl (C=O) groups excluding carboxylic acids is 2. The highest BCUT2D eigenvalue weighted by Crippen LogP contribution is 2.14. The van der Waals surface area contributed by atoms with Gasteiger partial charge in [0.2, 0.25) is 5.91 Å². The molecule has 6 heteroatoms. The molecule has 0 bridgehead atoms. The predicted molar refractivity (Wildman–Crippen MR) is 65.3 cm³/mol. The summed E-state index contributed by atoms with van der Waals surface area (Å²) >= 11 is 0. The molecule has 1 heterocycles.